The first-order valence-corrected chi connectivity index (χ1v) is 36.7. The third-order valence-electron chi connectivity index (χ3n) is 22.5. The predicted molar refractivity (Wildman–Crippen MR) is 361 cm³/mol. The molecule has 4 heterocycles. The van der Waals surface area contributed by atoms with Gasteiger partial charge < -0.3 is 60.0 Å². The average molecular weight is 1410 g/mol. The lowest BCUT2D eigenvalue weighted by atomic mass is 9.78. The normalized spacial score (nSPS) is 31.0. The van der Waals surface area contributed by atoms with Gasteiger partial charge in [-0.25, -0.2) is 0 Å². The van der Waals surface area contributed by atoms with Crippen molar-refractivity contribution in [3.8, 4) is 0 Å². The van der Waals surface area contributed by atoms with E-state index in [1.807, 2.05) is 13.8 Å². The summed E-state index contributed by atoms with van der Waals surface area (Å²) in [6.45, 7) is 10.8. The number of nitrogens with one attached hydrogen (secondary N) is 3. The number of hydrogen-bond acceptors (Lipinski definition) is 12. The van der Waals surface area contributed by atoms with Gasteiger partial charge in [0.15, 0.2) is 0 Å². The molecule has 24 nitrogen and oxygen atoms in total. The molecule has 552 valence electrons. The maximum atomic E-state index is 15.4. The van der Waals surface area contributed by atoms with Gasteiger partial charge in [0.05, 0.1) is 18.9 Å². The van der Waals surface area contributed by atoms with Crippen LogP contribution in [0, 0.1) is 29.6 Å². The third-order valence-corrected chi connectivity index (χ3v) is 23.0. The van der Waals surface area contributed by atoms with Crippen molar-refractivity contribution in [1.29, 1.82) is 0 Å². The summed E-state index contributed by atoms with van der Waals surface area (Å²) in [7, 11) is 8.63. The van der Waals surface area contributed by atoms with Crippen LogP contribution in [0.2, 0.25) is 0 Å². The molecule has 0 bridgehead atoms. The molecule has 3 saturated carbocycles. The zero-order chi connectivity index (χ0) is 72.4. The molecule has 0 aromatic carbocycles. The smallest absolute Gasteiger partial charge is 0.343 e. The van der Waals surface area contributed by atoms with E-state index >= 15 is 19.2 Å². The molecule has 98 heavy (non-hydrogen) atoms. The van der Waals surface area contributed by atoms with Gasteiger partial charge in [-0.1, -0.05) is 79.6 Å². The highest BCUT2D eigenvalue weighted by atomic mass is 35.5. The Labute approximate surface area is 582 Å². The summed E-state index contributed by atoms with van der Waals surface area (Å²) in [5, 5.41) is 7.50. The summed E-state index contributed by atoms with van der Waals surface area (Å²) in [6.07, 6.45) is 4.28. The monoisotopic (exact) mass is 1400 g/mol. The van der Waals surface area contributed by atoms with Crippen molar-refractivity contribution in [3.05, 3.63) is 0 Å². The van der Waals surface area contributed by atoms with Gasteiger partial charge in [-0.05, 0) is 133 Å². The van der Waals surface area contributed by atoms with E-state index in [9.17, 15) is 51.5 Å². The SMILES string of the molecule is CC[C@@H]1NC(=O)[C@H](CC(C)C)N(C)C(=O)C[C@@H](C(=O)N2CCCCC2)N(C)C(=O)[C@H](C(C)C)N(C)C(=O)C2(CCCC2)NC(=O)[C@@H]2CCCN2C(=O)[C@H](CCC2CCC(C(F)(F)F)C(Cl)C2)NC(=O)CN(C)C(=O)[C@H](CC2CCCCC2)N(C)C(=O)[C@@H]2CCN2C(=O)[C@H](C)N(C)C1=O. The molecule has 3 unspecified atom stereocenters. The van der Waals surface area contributed by atoms with Crippen LogP contribution in [0.1, 0.15) is 196 Å². The molecule has 4 aliphatic heterocycles. The van der Waals surface area contributed by atoms with E-state index in [1.165, 1.54) is 88.4 Å². The number of likely N-dealkylation sites (tertiary alicyclic amines) is 1. The number of nitrogens with zero attached hydrogens (tertiary/aromatic N) is 9. The number of rotatable bonds is 10. The van der Waals surface area contributed by atoms with Crippen LogP contribution in [0.25, 0.3) is 0 Å². The van der Waals surface area contributed by atoms with Crippen LogP contribution in [0.3, 0.4) is 0 Å². The van der Waals surface area contributed by atoms with Crippen LogP contribution in [-0.2, 0) is 57.5 Å². The fourth-order valence-corrected chi connectivity index (χ4v) is 16.7. The van der Waals surface area contributed by atoms with E-state index in [2.05, 4.69) is 16.0 Å². The molecular weight excluding hydrogens is 1290 g/mol. The van der Waals surface area contributed by atoms with Crippen molar-refractivity contribution in [3.63, 3.8) is 0 Å². The van der Waals surface area contributed by atoms with Crippen molar-refractivity contribution >= 4 is 82.5 Å². The van der Waals surface area contributed by atoms with Crippen LogP contribution in [0.5, 0.6) is 0 Å². The summed E-state index contributed by atoms with van der Waals surface area (Å²) in [5.41, 5.74) is -1.56. The van der Waals surface area contributed by atoms with Crippen LogP contribution in [-0.4, -0.2) is 261 Å². The first-order chi connectivity index (χ1) is 46.1. The summed E-state index contributed by atoms with van der Waals surface area (Å²) >= 11 is 6.40. The van der Waals surface area contributed by atoms with Crippen LogP contribution in [0.15, 0.2) is 0 Å². The molecule has 0 aromatic heterocycles. The highest BCUT2D eigenvalue weighted by molar-refractivity contribution is 6.21. The lowest BCUT2D eigenvalue weighted by molar-refractivity contribution is -0.182. The van der Waals surface area contributed by atoms with Gasteiger partial charge in [-0.3, -0.25) is 57.5 Å². The number of carbonyl (C=O) groups is 12. The van der Waals surface area contributed by atoms with Crippen LogP contribution in [0.4, 0.5) is 13.2 Å². The molecule has 3 aliphatic carbocycles. The summed E-state index contributed by atoms with van der Waals surface area (Å²) in [5.74, 6) is -10.2. The lowest BCUT2D eigenvalue weighted by Gasteiger charge is -2.45. The molecule has 28 heteroatoms. The lowest BCUT2D eigenvalue weighted by Crippen LogP contribution is -2.65. The summed E-state index contributed by atoms with van der Waals surface area (Å²) in [4.78, 5) is 191. The van der Waals surface area contributed by atoms with Gasteiger partial charge in [-0.2, -0.15) is 13.2 Å². The van der Waals surface area contributed by atoms with Gasteiger partial charge in [0, 0.05) is 73.8 Å². The number of amides is 12. The first kappa shape index (κ1) is 79.1. The van der Waals surface area contributed by atoms with E-state index in [0.29, 0.717) is 45.2 Å². The second-order valence-electron chi connectivity index (χ2n) is 30.1. The Kier molecular flexibility index (Phi) is 27.7. The minimum Gasteiger partial charge on any atom is -0.343 e. The average Bonchev–Trinajstić information content (AvgIpc) is 0.987. The van der Waals surface area contributed by atoms with Crippen LogP contribution >= 0.6 is 11.6 Å². The topological polar surface area (TPSA) is 270 Å². The molecule has 0 aromatic rings. The number of halogens is 4. The number of hydrogen-bond donors (Lipinski definition) is 3. The highest BCUT2D eigenvalue weighted by Gasteiger charge is 2.52. The van der Waals surface area contributed by atoms with E-state index in [0.717, 1.165) is 38.5 Å². The molecule has 1 spiro atoms. The fraction of sp³-hybridized carbons (Fsp3) is 0.829. The molecule has 0 radical (unpaired) electrons. The minimum atomic E-state index is -4.51. The van der Waals surface area contributed by atoms with Gasteiger partial charge in [0.25, 0.3) is 0 Å². The number of carbonyl (C=O) groups excluding carboxylic acids is 12. The molecule has 4 saturated heterocycles. The molecular formula is C70H112ClF3N12O12. The van der Waals surface area contributed by atoms with Crippen molar-refractivity contribution in [2.75, 3.05) is 75.0 Å². The minimum absolute atomic E-state index is 0.00161. The van der Waals surface area contributed by atoms with Crippen molar-refractivity contribution < 1.29 is 70.7 Å². The Hall–Kier alpha value is -6.28. The second-order valence-corrected chi connectivity index (χ2v) is 30.7. The molecule has 12 atom stereocenters. The molecule has 7 rings (SSSR count). The maximum absolute atomic E-state index is 15.4. The maximum Gasteiger partial charge on any atom is 0.393 e. The Bertz CT molecular complexity index is 2890. The number of fused-ring (bicyclic) bond motifs is 2. The van der Waals surface area contributed by atoms with Crippen molar-refractivity contribution in [1.82, 2.24) is 60.0 Å². The summed E-state index contributed by atoms with van der Waals surface area (Å²) in [6, 6.07) is -10.7. The van der Waals surface area contributed by atoms with Gasteiger partial charge in [-0.15, -0.1) is 11.6 Å². The second kappa shape index (κ2) is 34.4. The van der Waals surface area contributed by atoms with Gasteiger partial charge >= 0.3 is 6.18 Å². The third kappa shape index (κ3) is 18.6. The van der Waals surface area contributed by atoms with Crippen molar-refractivity contribution in [2.45, 2.75) is 267 Å². The highest BCUT2D eigenvalue weighted by Crippen LogP contribution is 2.44. The Morgan fingerprint density at radius 2 is 1.22 bits per heavy atom. The van der Waals surface area contributed by atoms with E-state index < -0.39 is 167 Å². The molecule has 7 aliphatic rings. The Morgan fingerprint density at radius 3 is 1.81 bits per heavy atom. The number of likely N-dealkylation sites (N-methyl/N-ethyl adjacent to an activating group) is 6. The largest absolute Gasteiger partial charge is 0.393 e. The standard InChI is InChI=1S/C70H112ClF3N12O12/c1-13-49-62(92)79(8)44(6)61(91)86-36-30-52(86)65(95)81(10)54(39-45-23-16-14-17-24-45)64(94)78(7)41-56(87)75-50(29-27-46-26-28-47(48(71)38-46)70(72,73)74)63(93)85-35-22-25-51(85)60(90)77-69(31-18-19-32-69)68(98)83(12)58(43(4)5)67(97)82(11)55(66(96)84-33-20-15-21-34-84)40-57(88)80(9)53(37-42(2)3)59(89)76-49/h42-55,58H,13-41H2,1-12H3,(H,75,87)(H,76,89)(H,77,90)/t44-,46?,47?,48?,49-,50-,51-,52-,53-,54-,55-,58-/m0/s1. The fourth-order valence-electron chi connectivity index (χ4n) is 16.2. The number of piperidine rings is 1. The number of alkyl halides is 4. The Morgan fingerprint density at radius 1 is 0.592 bits per heavy atom. The van der Waals surface area contributed by atoms with E-state index in [1.54, 1.807) is 25.7 Å². The molecule has 7 fully saturated rings. The van der Waals surface area contributed by atoms with Crippen molar-refractivity contribution in [2.24, 2.45) is 29.6 Å². The van der Waals surface area contributed by atoms with Gasteiger partial charge in [0.1, 0.15) is 59.9 Å². The predicted octanol–water partition coefficient (Wildman–Crippen LogP) is 5.46. The van der Waals surface area contributed by atoms with E-state index in [-0.39, 0.29) is 108 Å². The summed E-state index contributed by atoms with van der Waals surface area (Å²) < 4.78 is 42.0. The Balaban J connectivity index is 1.26. The zero-order valence-electron chi connectivity index (χ0n) is 60.1. The van der Waals surface area contributed by atoms with E-state index in [4.69, 9.17) is 11.6 Å². The quantitative estimate of drug-likeness (QED) is 0.230. The van der Waals surface area contributed by atoms with Gasteiger partial charge in [0.2, 0.25) is 70.9 Å². The molecule has 12 amide bonds. The first-order valence-electron chi connectivity index (χ1n) is 36.2. The molecule has 3 N–H and O–H groups in total. The zero-order valence-corrected chi connectivity index (χ0v) is 60.9. The van der Waals surface area contributed by atoms with Crippen LogP contribution < -0.4 is 16.0 Å².